The van der Waals surface area contributed by atoms with Gasteiger partial charge in [0.05, 0.1) is 0 Å². The number of carbonyl (C=O) groups is 1. The summed E-state index contributed by atoms with van der Waals surface area (Å²) in [5, 5.41) is 2.18. The Morgan fingerprint density at radius 3 is 2.38 bits per heavy atom. The summed E-state index contributed by atoms with van der Waals surface area (Å²) in [7, 11) is 0. The molecule has 4 nitrogen and oxygen atoms in total. The number of aryl methyl sites for hydroxylation is 1. The third-order valence-corrected chi connectivity index (χ3v) is 2.74. The summed E-state index contributed by atoms with van der Waals surface area (Å²) in [6.07, 6.45) is 0.963. The number of rotatable bonds is 3. The third-order valence-electron chi connectivity index (χ3n) is 2.74. The summed E-state index contributed by atoms with van der Waals surface area (Å²) in [6, 6.07) is 2.13. The molecule has 1 N–H and O–H groups in total. The van der Waals surface area contributed by atoms with Crippen LogP contribution < -0.4 is 10.7 Å². The van der Waals surface area contributed by atoms with Gasteiger partial charge in [0.15, 0.2) is 5.43 Å². The summed E-state index contributed by atoms with van der Waals surface area (Å²) >= 11 is 0. The van der Waals surface area contributed by atoms with Crippen LogP contribution in [0.15, 0.2) is 33.7 Å². The van der Waals surface area contributed by atoms with Crippen molar-refractivity contribution in [2.24, 2.45) is 0 Å². The highest BCUT2D eigenvalue weighted by atomic mass is 19.1. The SMILES string of the molecule is Cc1cc(=O)c(C(=O)NCc2c(F)cc(F)cc2F)co1. The average Bonchev–Trinajstić information content (AvgIpc) is 2.36. The van der Waals surface area contributed by atoms with Gasteiger partial charge in [-0.15, -0.1) is 0 Å². The molecule has 0 saturated carbocycles. The van der Waals surface area contributed by atoms with Gasteiger partial charge in [-0.05, 0) is 6.92 Å². The fourth-order valence-electron chi connectivity index (χ4n) is 1.68. The molecular weight excluding hydrogens is 287 g/mol. The van der Waals surface area contributed by atoms with Crippen LogP contribution in [0.4, 0.5) is 13.2 Å². The van der Waals surface area contributed by atoms with Gasteiger partial charge in [0, 0.05) is 30.3 Å². The predicted molar refractivity (Wildman–Crippen MR) is 67.2 cm³/mol. The molecule has 0 radical (unpaired) electrons. The van der Waals surface area contributed by atoms with E-state index in [0.717, 1.165) is 12.3 Å². The number of hydrogen-bond donors (Lipinski definition) is 1. The summed E-state index contributed by atoms with van der Waals surface area (Å²) < 4.78 is 44.4. The predicted octanol–water partition coefficient (Wildman–Crippen LogP) is 2.30. The molecule has 0 aliphatic heterocycles. The Hall–Kier alpha value is -2.57. The first-order valence-corrected chi connectivity index (χ1v) is 5.89. The molecule has 0 bridgehead atoms. The Bertz CT molecular complexity index is 732. The molecule has 21 heavy (non-hydrogen) atoms. The monoisotopic (exact) mass is 297 g/mol. The largest absolute Gasteiger partial charge is 0.469 e. The Kier molecular flexibility index (Phi) is 4.11. The van der Waals surface area contributed by atoms with E-state index < -0.39 is 40.9 Å². The van der Waals surface area contributed by atoms with Crippen molar-refractivity contribution in [2.75, 3.05) is 0 Å². The molecule has 1 heterocycles. The van der Waals surface area contributed by atoms with Crippen LogP contribution in [0.2, 0.25) is 0 Å². The fraction of sp³-hybridized carbons (Fsp3) is 0.143. The molecule has 0 saturated heterocycles. The molecular formula is C14H10F3NO3. The minimum Gasteiger partial charge on any atom is -0.469 e. The van der Waals surface area contributed by atoms with Gasteiger partial charge < -0.3 is 9.73 Å². The molecule has 2 aromatic rings. The lowest BCUT2D eigenvalue weighted by molar-refractivity contribution is 0.0947. The van der Waals surface area contributed by atoms with E-state index in [-0.39, 0.29) is 5.56 Å². The molecule has 0 aliphatic rings. The summed E-state index contributed by atoms with van der Waals surface area (Å²) in [5.74, 6) is -3.81. The second kappa shape index (κ2) is 5.82. The lowest BCUT2D eigenvalue weighted by Gasteiger charge is -2.07. The lowest BCUT2D eigenvalue weighted by atomic mass is 10.2. The highest BCUT2D eigenvalue weighted by Gasteiger charge is 2.15. The van der Waals surface area contributed by atoms with Crippen molar-refractivity contribution in [1.82, 2.24) is 5.32 Å². The number of amides is 1. The fourth-order valence-corrected chi connectivity index (χ4v) is 1.68. The average molecular weight is 297 g/mol. The van der Waals surface area contributed by atoms with Crippen LogP contribution in [0, 0.1) is 24.4 Å². The van der Waals surface area contributed by atoms with Crippen molar-refractivity contribution in [3.05, 3.63) is 69.0 Å². The molecule has 0 atom stereocenters. The molecule has 0 spiro atoms. The standard InChI is InChI=1S/C14H10F3NO3/c1-7-2-13(19)10(6-21-7)14(20)18-5-9-11(16)3-8(15)4-12(9)17/h2-4,6H,5H2,1H3,(H,18,20). The molecule has 0 fully saturated rings. The van der Waals surface area contributed by atoms with Gasteiger partial charge in [0.1, 0.15) is 35.0 Å². The Morgan fingerprint density at radius 1 is 1.19 bits per heavy atom. The summed E-state index contributed by atoms with van der Waals surface area (Å²) in [5.41, 5.74) is -1.36. The van der Waals surface area contributed by atoms with Crippen LogP contribution >= 0.6 is 0 Å². The third kappa shape index (κ3) is 3.31. The number of nitrogens with one attached hydrogen (secondary N) is 1. The Morgan fingerprint density at radius 2 is 1.81 bits per heavy atom. The van der Waals surface area contributed by atoms with Crippen LogP contribution in [0.1, 0.15) is 21.7 Å². The zero-order chi connectivity index (χ0) is 15.6. The topological polar surface area (TPSA) is 59.3 Å². The minimum atomic E-state index is -1.12. The quantitative estimate of drug-likeness (QED) is 0.945. The van der Waals surface area contributed by atoms with Gasteiger partial charge >= 0.3 is 0 Å². The van der Waals surface area contributed by atoms with Crippen LogP contribution in [0.3, 0.4) is 0 Å². The van der Waals surface area contributed by atoms with Gasteiger partial charge in [-0.1, -0.05) is 0 Å². The van der Waals surface area contributed by atoms with Gasteiger partial charge in [-0.3, -0.25) is 9.59 Å². The maximum absolute atomic E-state index is 13.4. The smallest absolute Gasteiger partial charge is 0.258 e. The zero-order valence-corrected chi connectivity index (χ0v) is 10.9. The normalized spacial score (nSPS) is 10.5. The second-order valence-corrected chi connectivity index (χ2v) is 4.30. The number of hydrogen-bond acceptors (Lipinski definition) is 3. The maximum atomic E-state index is 13.4. The molecule has 7 heteroatoms. The molecule has 2 rings (SSSR count). The Labute approximate surface area is 117 Å². The van der Waals surface area contributed by atoms with Gasteiger partial charge in [0.25, 0.3) is 5.91 Å². The first kappa shape index (κ1) is 14.8. The van der Waals surface area contributed by atoms with E-state index in [1.807, 2.05) is 0 Å². The number of benzene rings is 1. The number of carbonyl (C=O) groups excluding carboxylic acids is 1. The molecule has 0 unspecified atom stereocenters. The van der Waals surface area contributed by atoms with E-state index in [0.29, 0.717) is 17.9 Å². The highest BCUT2D eigenvalue weighted by Crippen LogP contribution is 2.14. The van der Waals surface area contributed by atoms with E-state index >= 15 is 0 Å². The van der Waals surface area contributed by atoms with Crippen molar-refractivity contribution in [3.63, 3.8) is 0 Å². The van der Waals surface area contributed by atoms with Crippen molar-refractivity contribution in [3.8, 4) is 0 Å². The van der Waals surface area contributed by atoms with Crippen molar-refractivity contribution < 1.29 is 22.4 Å². The van der Waals surface area contributed by atoms with Crippen molar-refractivity contribution in [2.45, 2.75) is 13.5 Å². The van der Waals surface area contributed by atoms with Crippen LogP contribution in [0.5, 0.6) is 0 Å². The molecule has 110 valence electrons. The maximum Gasteiger partial charge on any atom is 0.258 e. The van der Waals surface area contributed by atoms with E-state index in [2.05, 4.69) is 5.32 Å². The van der Waals surface area contributed by atoms with Crippen molar-refractivity contribution in [1.29, 1.82) is 0 Å². The van der Waals surface area contributed by atoms with E-state index in [4.69, 9.17) is 4.42 Å². The van der Waals surface area contributed by atoms with Gasteiger partial charge in [-0.2, -0.15) is 0 Å². The molecule has 1 aromatic carbocycles. The van der Waals surface area contributed by atoms with Crippen LogP contribution in [-0.2, 0) is 6.54 Å². The van der Waals surface area contributed by atoms with E-state index in [9.17, 15) is 22.8 Å². The minimum absolute atomic E-state index is 0.288. The first-order chi connectivity index (χ1) is 9.88. The zero-order valence-electron chi connectivity index (χ0n) is 10.9. The first-order valence-electron chi connectivity index (χ1n) is 5.89. The van der Waals surface area contributed by atoms with E-state index in [1.54, 1.807) is 0 Å². The molecule has 0 aliphatic carbocycles. The van der Waals surface area contributed by atoms with Gasteiger partial charge in [-0.25, -0.2) is 13.2 Å². The van der Waals surface area contributed by atoms with Crippen LogP contribution in [-0.4, -0.2) is 5.91 Å². The summed E-state index contributed by atoms with van der Waals surface area (Å²) in [6.45, 7) is 1.01. The molecule has 1 aromatic heterocycles. The van der Waals surface area contributed by atoms with Gasteiger partial charge in [0.2, 0.25) is 0 Å². The van der Waals surface area contributed by atoms with E-state index in [1.165, 1.54) is 6.92 Å². The molecule has 1 amide bonds. The highest BCUT2D eigenvalue weighted by molar-refractivity contribution is 5.93. The van der Waals surface area contributed by atoms with Crippen molar-refractivity contribution >= 4 is 5.91 Å². The Balaban J connectivity index is 2.17. The second-order valence-electron chi connectivity index (χ2n) is 4.30. The van der Waals surface area contributed by atoms with Crippen LogP contribution in [0.25, 0.3) is 0 Å². The summed E-state index contributed by atoms with van der Waals surface area (Å²) in [4.78, 5) is 23.3. The lowest BCUT2D eigenvalue weighted by Crippen LogP contribution is -2.28. The number of halogens is 3.